The van der Waals surface area contributed by atoms with Gasteiger partial charge in [-0.05, 0) is 282 Å². The molecule has 16 heteroatoms. The Labute approximate surface area is 782 Å². The molecule has 16 nitrogen and oxygen atoms in total. The lowest BCUT2D eigenvalue weighted by molar-refractivity contribution is -0.661. The molecule has 0 N–H and O–H groups in total. The lowest BCUT2D eigenvalue weighted by Gasteiger charge is -2.37. The molecule has 4 aliphatic heterocycles. The van der Waals surface area contributed by atoms with Crippen molar-refractivity contribution in [2.45, 2.75) is 247 Å². The molecule has 3 saturated carbocycles. The number of rotatable bonds is 4. The first kappa shape index (κ1) is 70.3. The molecule has 27 rings (SSSR count). The smallest absolute Gasteiger partial charge is 0.220 e. The molecule has 660 valence electrons. The monoisotopic (exact) mass is 1740 g/mol. The Morgan fingerprint density at radius 1 is 0.344 bits per heavy atom. The first-order chi connectivity index (χ1) is 67.1. The van der Waals surface area contributed by atoms with Crippen molar-refractivity contribution in [1.29, 1.82) is 0 Å². The van der Waals surface area contributed by atoms with E-state index < -0.39 is 54.3 Å². The quantitative estimate of drug-likeness (QED) is 0.164. The molecule has 7 aliphatic rings. The Morgan fingerprint density at radius 2 is 0.634 bits per heavy atom. The van der Waals surface area contributed by atoms with Crippen molar-refractivity contribution in [3.8, 4) is 45.0 Å². The van der Waals surface area contributed by atoms with Crippen molar-refractivity contribution < 1.29 is 33.3 Å². The van der Waals surface area contributed by atoms with Crippen LogP contribution in [0.15, 0.2) is 183 Å². The third-order valence-corrected chi connectivity index (χ3v) is 30.9. The maximum absolute atomic E-state index is 9.64. The van der Waals surface area contributed by atoms with Crippen molar-refractivity contribution in [3.63, 3.8) is 0 Å². The summed E-state index contributed by atoms with van der Waals surface area (Å²) in [7, 11) is 8.14. The van der Waals surface area contributed by atoms with Gasteiger partial charge >= 0.3 is 0 Å². The molecule has 0 spiro atoms. The van der Waals surface area contributed by atoms with Crippen LogP contribution in [0.1, 0.15) is 270 Å². The standard InChI is InChI=1S/2C29H31N4.C29H33N4.C28H29N4/c1-17-14-15-22-26-24(17)27-25(23(18(2)16-31(27)5)19-10-6-7-11-19)29(3,4)33(26)28-30-20-12-8-9-13-21(20)32(22)28;1-18-14-15-23-26-24(18)27-25(20(16-17-31(27)4)19-10-6-5-7-11-19)29(2,3)33(26)28-30-21-12-8-9-13-22(21)32(23)28;1-17-13-14-22-25-23(17)26-24(19(15-28(3,4)5)18(2)16-31(26)8)29(6,7)33(25)27-30-20-11-9-10-12-21(20)32(22)27;1-17-13-14-22-25-23(17)26-24(19(15-16-30(26)4)18-9-5-6-10-18)28(2,3)32(25)27-29-20-11-7-8-12-21(20)31(22)27/h8-9,12-16,19H,6-7,10-11H2,1-5H3;8-9,12-17,19H,5-7,10-11H2,1-4H3;9-14,16H,15H2,1-8H3;7-8,11-16,18H,5-6,9-10H2,1-4H3/q4*+1/i2D3,19D;19D;2D3,15D2;18D. The zero-order chi connectivity index (χ0) is 99.9. The van der Waals surface area contributed by atoms with Gasteiger partial charge in [0.1, 0.15) is 28.2 Å². The lowest BCUT2D eigenvalue weighted by atomic mass is 9.75. The second-order valence-electron chi connectivity index (χ2n) is 41.8. The molecule has 0 radical (unpaired) electrons. The Balaban J connectivity index is 0.000000102. The highest BCUT2D eigenvalue weighted by Crippen LogP contribution is 2.57. The molecule has 3 fully saturated rings. The molecule has 20 aromatic rings. The van der Waals surface area contributed by atoms with Gasteiger partial charge in [0.05, 0.1) is 155 Å². The van der Waals surface area contributed by atoms with E-state index in [2.05, 4.69) is 276 Å². The summed E-state index contributed by atoms with van der Waals surface area (Å²) in [5, 5.41) is 0. The highest BCUT2D eigenvalue weighted by molar-refractivity contribution is 6.06. The molecule has 3 aliphatic carbocycles. The average molecular weight is 1740 g/mol. The first-order valence-electron chi connectivity index (χ1n) is 53.0. The fraction of sp³-hybridized carbons (Fsp3) is 0.374. The number of fused-ring (bicyclic) bond motifs is 28. The largest absolute Gasteiger partial charge is 0.299 e. The van der Waals surface area contributed by atoms with Crippen molar-refractivity contribution in [2.75, 3.05) is 0 Å². The maximum Gasteiger partial charge on any atom is 0.220 e. The van der Waals surface area contributed by atoms with Crippen LogP contribution in [-0.2, 0) is 56.7 Å². The van der Waals surface area contributed by atoms with Crippen LogP contribution in [0.25, 0.3) is 156 Å². The number of nitrogens with zero attached hydrogens (tertiary/aromatic N) is 16. The van der Waals surface area contributed by atoms with Crippen LogP contribution in [0, 0.1) is 46.8 Å². The van der Waals surface area contributed by atoms with E-state index in [1.165, 1.54) is 84.4 Å². The number of aromatic nitrogens is 16. The van der Waals surface area contributed by atoms with Gasteiger partial charge in [-0.2, -0.15) is 0 Å². The van der Waals surface area contributed by atoms with Crippen molar-refractivity contribution >= 4 is 111 Å². The van der Waals surface area contributed by atoms with E-state index in [0.717, 1.165) is 193 Å². The van der Waals surface area contributed by atoms with Gasteiger partial charge in [-0.3, -0.25) is 35.9 Å². The van der Waals surface area contributed by atoms with Gasteiger partial charge in [-0.15, -0.1) is 0 Å². The first-order valence-corrected chi connectivity index (χ1v) is 47.5. The summed E-state index contributed by atoms with van der Waals surface area (Å²) in [6.07, 6.45) is 18.6. The van der Waals surface area contributed by atoms with Gasteiger partial charge < -0.3 is 0 Å². The number of hydrogen-bond acceptors (Lipinski definition) is 4. The van der Waals surface area contributed by atoms with E-state index in [4.69, 9.17) is 28.2 Å². The second-order valence-corrected chi connectivity index (χ2v) is 41.8. The van der Waals surface area contributed by atoms with Gasteiger partial charge in [0, 0.05) is 38.3 Å². The second kappa shape index (κ2) is 28.5. The van der Waals surface area contributed by atoms with E-state index in [9.17, 15) is 6.85 Å². The van der Waals surface area contributed by atoms with Crippen LogP contribution in [0.5, 0.6) is 0 Å². The van der Waals surface area contributed by atoms with Crippen molar-refractivity contribution in [3.05, 3.63) is 260 Å². The molecular weight excluding hydrogens is 1610 g/mol. The number of hydrogen-bond donors (Lipinski definition) is 0. The van der Waals surface area contributed by atoms with E-state index in [1.807, 2.05) is 80.4 Å². The molecule has 0 saturated heterocycles. The zero-order valence-corrected chi connectivity index (χ0v) is 79.2. The normalized spacial score (nSPS) is 19.2. The van der Waals surface area contributed by atoms with Gasteiger partial charge in [0.2, 0.25) is 45.9 Å². The molecular formula is C115H124N16+4. The van der Waals surface area contributed by atoms with Crippen LogP contribution in [-0.4, -0.2) is 55.8 Å². The summed E-state index contributed by atoms with van der Waals surface area (Å²) >= 11 is 0. The predicted molar refractivity (Wildman–Crippen MR) is 533 cm³/mol. The molecule has 0 bridgehead atoms. The molecule has 16 heterocycles. The minimum Gasteiger partial charge on any atom is -0.299 e. The molecule has 12 aromatic heterocycles. The summed E-state index contributed by atoms with van der Waals surface area (Å²) in [6.45, 7) is 27.0. The van der Waals surface area contributed by atoms with Crippen LogP contribution in [0.2, 0.25) is 0 Å². The highest BCUT2D eigenvalue weighted by atomic mass is 15.3. The SMILES string of the molecule is [2H]C([2H])([2H])c1c[n+](C)c2c(c1C([2H])([2H])C(C)(C)C)C(C)(C)n1c3c-2c(C)ccc3n2c3ccccc3nc12.[2H]C([2H])([2H])c1c[n+](C)c2c(c1C1([2H])CCCC1)C(C)(C)n1c3c-2c(C)ccc3n2c3ccccc3nc12.[2H]C1(c2cc[n+](C)c3c2C(C)(C)n2c4c-3c(C)ccc4n3c4ccccc4nc23)CCCC1.[2H]C1(c2cc[n+](C)c3c2C(C)(C)n2c4c-3c(C)ccc4n3c4ccccc4nc23)CCCCC1. The topological polar surface area (TPSA) is 104 Å². The lowest BCUT2D eigenvalue weighted by Crippen LogP contribution is -2.42. The number of aryl methyl sites for hydroxylation is 10. The fourth-order valence-corrected chi connectivity index (χ4v) is 25.4. The molecule has 0 atom stereocenters. The van der Waals surface area contributed by atoms with Crippen molar-refractivity contribution in [1.82, 2.24) is 55.8 Å². The predicted octanol–water partition coefficient (Wildman–Crippen LogP) is 24.9. The van der Waals surface area contributed by atoms with Crippen LogP contribution < -0.4 is 18.3 Å². The number of imidazole rings is 8. The Kier molecular flexibility index (Phi) is 15.3. The van der Waals surface area contributed by atoms with E-state index in [-0.39, 0.29) is 22.2 Å². The van der Waals surface area contributed by atoms with Crippen LogP contribution in [0.4, 0.5) is 0 Å². The van der Waals surface area contributed by atoms with E-state index in [0.29, 0.717) is 29.5 Å². The molecule has 131 heavy (non-hydrogen) atoms. The number of pyridine rings is 4. The minimum absolute atomic E-state index is 0.0525. The van der Waals surface area contributed by atoms with Gasteiger partial charge in [-0.25, -0.2) is 38.2 Å². The van der Waals surface area contributed by atoms with Gasteiger partial charge in [0.15, 0.2) is 24.8 Å². The third-order valence-electron chi connectivity index (χ3n) is 30.9. The fourth-order valence-electron chi connectivity index (χ4n) is 25.4. The minimum atomic E-state index is -2.49. The van der Waals surface area contributed by atoms with E-state index >= 15 is 0 Å². The maximum atomic E-state index is 9.64. The summed E-state index contributed by atoms with van der Waals surface area (Å²) in [4.78, 5) is 20.4. The van der Waals surface area contributed by atoms with Crippen molar-refractivity contribution in [2.24, 2.45) is 33.6 Å². The summed E-state index contributed by atoms with van der Waals surface area (Å²) in [5.41, 5.74) is 36.1. The van der Waals surface area contributed by atoms with Gasteiger partial charge in [0.25, 0.3) is 0 Å². The summed E-state index contributed by atoms with van der Waals surface area (Å²) in [5.74, 6) is 1.60. The zero-order valence-electron chi connectivity index (χ0n) is 90.2. The Bertz CT molecular complexity index is 8920. The molecule has 0 amide bonds. The number of para-hydroxylation sites is 8. The number of benzene rings is 8. The van der Waals surface area contributed by atoms with Crippen LogP contribution in [0.3, 0.4) is 0 Å². The summed E-state index contributed by atoms with van der Waals surface area (Å²) in [6, 6.07) is 55.1. The van der Waals surface area contributed by atoms with E-state index in [1.54, 1.807) is 12.4 Å². The van der Waals surface area contributed by atoms with Gasteiger partial charge in [-0.1, -0.05) is 139 Å². The average Bonchev–Trinajstić information content (AvgIpc) is 1.52. The molecule has 0 unspecified atom stereocenters. The summed E-state index contributed by atoms with van der Waals surface area (Å²) < 4.78 is 125. The Hall–Kier alpha value is -12.6. The third kappa shape index (κ3) is 11.3. The Morgan fingerprint density at radius 3 is 0.969 bits per heavy atom. The highest BCUT2D eigenvalue weighted by Gasteiger charge is 2.51. The molecule has 8 aromatic carbocycles. The van der Waals surface area contributed by atoms with Crippen LogP contribution >= 0.6 is 0 Å².